The van der Waals surface area contributed by atoms with E-state index in [9.17, 15) is 8.42 Å². The van der Waals surface area contributed by atoms with Crippen molar-refractivity contribution in [3.63, 3.8) is 0 Å². The van der Waals surface area contributed by atoms with Gasteiger partial charge in [0, 0.05) is 34.7 Å². The van der Waals surface area contributed by atoms with E-state index in [0.29, 0.717) is 10.9 Å². The van der Waals surface area contributed by atoms with Gasteiger partial charge in [-0.2, -0.15) is 0 Å². The Morgan fingerprint density at radius 2 is 2.25 bits per heavy atom. The molecule has 3 N–H and O–H groups in total. The van der Waals surface area contributed by atoms with Crippen LogP contribution in [0.1, 0.15) is 10.7 Å². The molecule has 9 heteroatoms. The predicted molar refractivity (Wildman–Crippen MR) is 82.1 cm³/mol. The molecule has 2 aromatic heterocycles. The normalized spacial score (nSPS) is 11.7. The monoisotopic (exact) mass is 376 g/mol. The quantitative estimate of drug-likeness (QED) is 0.827. The van der Waals surface area contributed by atoms with Gasteiger partial charge >= 0.3 is 0 Å². The lowest BCUT2D eigenvalue weighted by Crippen LogP contribution is -2.27. The molecule has 0 spiro atoms. The summed E-state index contributed by atoms with van der Waals surface area (Å²) in [5.41, 5.74) is 6.54. The molecule has 0 aromatic carbocycles. The SMILES string of the molecule is Cc1csc(CCNS(=O)(=O)c2cc(Br)cnc2N)n1. The number of thiazole rings is 1. The van der Waals surface area contributed by atoms with Crippen LogP contribution in [0.4, 0.5) is 5.82 Å². The highest BCUT2D eigenvalue weighted by atomic mass is 79.9. The summed E-state index contributed by atoms with van der Waals surface area (Å²) >= 11 is 4.69. The molecule has 2 rings (SSSR count). The molecule has 2 aromatic rings. The summed E-state index contributed by atoms with van der Waals surface area (Å²) < 4.78 is 27.3. The van der Waals surface area contributed by atoms with Gasteiger partial charge in [0.15, 0.2) is 0 Å². The number of anilines is 1. The number of aryl methyl sites for hydroxylation is 1. The molecule has 0 amide bonds. The number of halogens is 1. The number of nitrogens with one attached hydrogen (secondary N) is 1. The smallest absolute Gasteiger partial charge is 0.244 e. The number of aromatic nitrogens is 2. The number of rotatable bonds is 5. The molecule has 6 nitrogen and oxygen atoms in total. The van der Waals surface area contributed by atoms with Crippen LogP contribution in [0.25, 0.3) is 0 Å². The minimum absolute atomic E-state index is 0.0224. The molecule has 108 valence electrons. The molecule has 0 saturated heterocycles. The van der Waals surface area contributed by atoms with Gasteiger partial charge in [-0.15, -0.1) is 11.3 Å². The first-order valence-corrected chi connectivity index (χ1v) is 8.86. The zero-order chi connectivity index (χ0) is 14.8. The summed E-state index contributed by atoms with van der Waals surface area (Å²) in [7, 11) is -3.67. The second kappa shape index (κ2) is 6.17. The fourth-order valence-electron chi connectivity index (χ4n) is 1.53. The first-order chi connectivity index (χ1) is 9.38. The Morgan fingerprint density at radius 1 is 1.50 bits per heavy atom. The molecule has 0 atom stereocenters. The Morgan fingerprint density at radius 3 is 2.90 bits per heavy atom. The molecular formula is C11H13BrN4O2S2. The molecule has 0 radical (unpaired) electrons. The molecule has 0 aliphatic rings. The standard InChI is InChI=1S/C11H13BrN4O2S2/c1-7-6-19-10(16-7)2-3-15-20(17,18)9-4-8(12)5-14-11(9)13/h4-6,15H,2-3H2,1H3,(H2,13,14). The number of nitrogen functional groups attached to an aromatic ring is 1. The third-order valence-electron chi connectivity index (χ3n) is 2.44. The highest BCUT2D eigenvalue weighted by Crippen LogP contribution is 2.20. The highest BCUT2D eigenvalue weighted by Gasteiger charge is 2.18. The van der Waals surface area contributed by atoms with Gasteiger partial charge in [-0.1, -0.05) is 0 Å². The average Bonchev–Trinajstić information content (AvgIpc) is 2.78. The van der Waals surface area contributed by atoms with E-state index in [2.05, 4.69) is 30.6 Å². The van der Waals surface area contributed by atoms with Gasteiger partial charge in [0.1, 0.15) is 10.7 Å². The van der Waals surface area contributed by atoms with Crippen LogP contribution < -0.4 is 10.5 Å². The van der Waals surface area contributed by atoms with Crippen LogP contribution in [0.5, 0.6) is 0 Å². The average molecular weight is 377 g/mol. The number of nitrogens with zero attached hydrogens (tertiary/aromatic N) is 2. The summed E-state index contributed by atoms with van der Waals surface area (Å²) in [6, 6.07) is 1.43. The lowest BCUT2D eigenvalue weighted by atomic mass is 10.4. The lowest BCUT2D eigenvalue weighted by molar-refractivity contribution is 0.581. The van der Waals surface area contributed by atoms with Gasteiger partial charge in [0.05, 0.1) is 5.01 Å². The molecule has 2 heterocycles. The number of hydrogen-bond acceptors (Lipinski definition) is 6. The molecule has 0 bridgehead atoms. The molecule has 20 heavy (non-hydrogen) atoms. The van der Waals surface area contributed by atoms with E-state index < -0.39 is 10.0 Å². The number of pyridine rings is 1. The maximum absolute atomic E-state index is 12.1. The van der Waals surface area contributed by atoms with Crippen molar-refractivity contribution >= 4 is 43.1 Å². The Balaban J connectivity index is 2.06. The van der Waals surface area contributed by atoms with Gasteiger partial charge in [-0.05, 0) is 28.9 Å². The molecule has 0 saturated carbocycles. The van der Waals surface area contributed by atoms with Crippen LogP contribution in [-0.2, 0) is 16.4 Å². The van der Waals surface area contributed by atoms with Crippen molar-refractivity contribution in [2.45, 2.75) is 18.2 Å². The largest absolute Gasteiger partial charge is 0.383 e. The minimum Gasteiger partial charge on any atom is -0.383 e. The Labute approximate surface area is 129 Å². The van der Waals surface area contributed by atoms with E-state index >= 15 is 0 Å². The number of sulfonamides is 1. The summed E-state index contributed by atoms with van der Waals surface area (Å²) in [6.45, 7) is 2.17. The Kier molecular flexibility index (Phi) is 4.74. The van der Waals surface area contributed by atoms with E-state index in [0.717, 1.165) is 10.7 Å². The molecule has 0 aliphatic carbocycles. The van der Waals surface area contributed by atoms with Crippen LogP contribution in [0.15, 0.2) is 27.0 Å². The van der Waals surface area contributed by atoms with Gasteiger partial charge in [-0.25, -0.2) is 23.1 Å². The van der Waals surface area contributed by atoms with Crippen LogP contribution >= 0.6 is 27.3 Å². The highest BCUT2D eigenvalue weighted by molar-refractivity contribution is 9.10. The third kappa shape index (κ3) is 3.75. The molecular weight excluding hydrogens is 364 g/mol. The minimum atomic E-state index is -3.67. The third-order valence-corrected chi connectivity index (χ3v) is 5.39. The van der Waals surface area contributed by atoms with Crippen molar-refractivity contribution < 1.29 is 8.42 Å². The maximum atomic E-state index is 12.1. The van der Waals surface area contributed by atoms with Crippen molar-refractivity contribution in [2.24, 2.45) is 0 Å². The molecule has 0 fully saturated rings. The van der Waals surface area contributed by atoms with E-state index in [1.54, 1.807) is 0 Å². The summed E-state index contributed by atoms with van der Waals surface area (Å²) in [5.74, 6) is -0.0224. The Bertz CT molecular complexity index is 715. The van der Waals surface area contributed by atoms with E-state index in [4.69, 9.17) is 5.73 Å². The van der Waals surface area contributed by atoms with E-state index in [1.807, 2.05) is 12.3 Å². The predicted octanol–water partition coefficient (Wildman–Crippen LogP) is 1.71. The van der Waals surface area contributed by atoms with Crippen LogP contribution in [0.2, 0.25) is 0 Å². The maximum Gasteiger partial charge on any atom is 0.244 e. The van der Waals surface area contributed by atoms with Crippen LogP contribution in [0.3, 0.4) is 0 Å². The summed E-state index contributed by atoms with van der Waals surface area (Å²) in [4.78, 5) is 8.06. The second-order valence-electron chi connectivity index (χ2n) is 4.07. The topological polar surface area (TPSA) is 98.0 Å². The van der Waals surface area contributed by atoms with Crippen molar-refractivity contribution in [1.82, 2.24) is 14.7 Å². The number of hydrogen-bond donors (Lipinski definition) is 2. The van der Waals surface area contributed by atoms with Crippen molar-refractivity contribution in [3.8, 4) is 0 Å². The second-order valence-corrected chi connectivity index (χ2v) is 7.66. The first-order valence-electron chi connectivity index (χ1n) is 5.70. The summed E-state index contributed by atoms with van der Waals surface area (Å²) in [6.07, 6.45) is 1.99. The van der Waals surface area contributed by atoms with E-state index in [1.165, 1.54) is 23.6 Å². The van der Waals surface area contributed by atoms with Gasteiger partial charge < -0.3 is 5.73 Å². The van der Waals surface area contributed by atoms with Gasteiger partial charge in [0.25, 0.3) is 0 Å². The zero-order valence-corrected chi connectivity index (χ0v) is 13.8. The van der Waals surface area contributed by atoms with Crippen LogP contribution in [0, 0.1) is 6.92 Å². The Hall–Kier alpha value is -1.03. The van der Waals surface area contributed by atoms with Crippen LogP contribution in [-0.4, -0.2) is 24.9 Å². The fourth-order valence-corrected chi connectivity index (χ4v) is 3.93. The van der Waals surface area contributed by atoms with Crippen molar-refractivity contribution in [1.29, 1.82) is 0 Å². The first kappa shape index (κ1) is 15.4. The van der Waals surface area contributed by atoms with Crippen molar-refractivity contribution in [2.75, 3.05) is 12.3 Å². The van der Waals surface area contributed by atoms with Gasteiger partial charge in [-0.3, -0.25) is 0 Å². The number of nitrogens with two attached hydrogens (primary N) is 1. The molecule has 0 unspecified atom stereocenters. The summed E-state index contributed by atoms with van der Waals surface area (Å²) in [5, 5.41) is 2.82. The fraction of sp³-hybridized carbons (Fsp3) is 0.273. The van der Waals surface area contributed by atoms with E-state index in [-0.39, 0.29) is 17.3 Å². The molecule has 0 aliphatic heterocycles. The zero-order valence-electron chi connectivity index (χ0n) is 10.6. The lowest BCUT2D eigenvalue weighted by Gasteiger charge is -2.08. The van der Waals surface area contributed by atoms with Gasteiger partial charge in [0.2, 0.25) is 10.0 Å². The van der Waals surface area contributed by atoms with Crippen molar-refractivity contribution in [3.05, 3.63) is 32.8 Å².